The first-order valence-electron chi connectivity index (χ1n) is 8.50. The number of anilines is 2. The molecule has 0 atom stereocenters. The fourth-order valence-corrected chi connectivity index (χ4v) is 2.90. The second-order valence-corrected chi connectivity index (χ2v) is 6.64. The maximum atomic E-state index is 12.1. The molecule has 0 radical (unpaired) electrons. The summed E-state index contributed by atoms with van der Waals surface area (Å²) in [4.78, 5) is 35.5. The summed E-state index contributed by atoms with van der Waals surface area (Å²) in [7, 11) is 0. The van der Waals surface area contributed by atoms with E-state index < -0.39 is 0 Å². The largest absolute Gasteiger partial charge is 0.492 e. The Balaban J connectivity index is 1.79. The molecular weight excluding hydrogens is 364 g/mol. The van der Waals surface area contributed by atoms with E-state index in [9.17, 15) is 14.4 Å². The van der Waals surface area contributed by atoms with Gasteiger partial charge in [-0.3, -0.25) is 14.4 Å². The maximum absolute atomic E-state index is 12.1. The molecule has 142 valence electrons. The Bertz CT molecular complexity index is 823. The van der Waals surface area contributed by atoms with Crippen LogP contribution in [0.3, 0.4) is 0 Å². The average molecular weight is 386 g/mol. The highest BCUT2D eigenvalue weighted by molar-refractivity contribution is 8.00. The Morgan fingerprint density at radius 1 is 0.963 bits per heavy atom. The Kier molecular flexibility index (Phi) is 7.88. The summed E-state index contributed by atoms with van der Waals surface area (Å²) in [6.45, 7) is 3.85. The Morgan fingerprint density at radius 3 is 2.37 bits per heavy atom. The van der Waals surface area contributed by atoms with Crippen LogP contribution in [-0.4, -0.2) is 35.7 Å². The number of ketones is 1. The Hall–Kier alpha value is -2.80. The van der Waals surface area contributed by atoms with Gasteiger partial charge in [0.2, 0.25) is 11.8 Å². The van der Waals surface area contributed by atoms with Gasteiger partial charge in [-0.15, -0.1) is 11.8 Å². The predicted molar refractivity (Wildman–Crippen MR) is 109 cm³/mol. The number of carbonyl (C=O) groups excluding carboxylic acids is 3. The number of nitrogens with one attached hydrogen (secondary N) is 2. The minimum absolute atomic E-state index is 0.0653. The minimum atomic E-state index is -0.233. The highest BCUT2D eigenvalue weighted by Crippen LogP contribution is 2.23. The summed E-state index contributed by atoms with van der Waals surface area (Å²) in [5, 5.41) is 5.51. The van der Waals surface area contributed by atoms with E-state index in [4.69, 9.17) is 4.74 Å². The van der Waals surface area contributed by atoms with Crippen molar-refractivity contribution in [3.63, 3.8) is 0 Å². The lowest BCUT2D eigenvalue weighted by Crippen LogP contribution is -2.19. The number of ether oxygens (including phenoxy) is 1. The van der Waals surface area contributed by atoms with Gasteiger partial charge < -0.3 is 15.4 Å². The molecule has 6 nitrogen and oxygen atoms in total. The molecule has 0 saturated carbocycles. The Labute approximate surface area is 162 Å². The van der Waals surface area contributed by atoms with Crippen molar-refractivity contribution in [1.29, 1.82) is 0 Å². The highest BCUT2D eigenvalue weighted by Gasteiger charge is 2.10. The fraction of sp³-hybridized carbons (Fsp3) is 0.250. The molecular formula is C20H22N2O4S. The van der Waals surface area contributed by atoms with E-state index in [1.54, 1.807) is 36.4 Å². The molecule has 2 aromatic rings. The van der Waals surface area contributed by atoms with Gasteiger partial charge in [0.15, 0.2) is 5.78 Å². The first kappa shape index (κ1) is 20.5. The van der Waals surface area contributed by atoms with Gasteiger partial charge >= 0.3 is 0 Å². The lowest BCUT2D eigenvalue weighted by atomic mass is 10.1. The second kappa shape index (κ2) is 10.4. The molecule has 0 bridgehead atoms. The number of hydrogen-bond donors (Lipinski definition) is 2. The van der Waals surface area contributed by atoms with Crippen molar-refractivity contribution < 1.29 is 19.1 Å². The third-order valence-electron chi connectivity index (χ3n) is 3.48. The molecule has 0 aliphatic carbocycles. The lowest BCUT2D eigenvalue weighted by molar-refractivity contribution is -0.114. The van der Waals surface area contributed by atoms with Gasteiger partial charge in [0.05, 0.1) is 23.8 Å². The number of para-hydroxylation sites is 2. The smallest absolute Gasteiger partial charge is 0.234 e. The van der Waals surface area contributed by atoms with Crippen LogP contribution in [0.25, 0.3) is 0 Å². The number of thioether (sulfide) groups is 1. The van der Waals surface area contributed by atoms with Crippen molar-refractivity contribution in [2.45, 2.75) is 13.8 Å². The molecule has 0 aliphatic rings. The monoisotopic (exact) mass is 386 g/mol. The molecule has 0 aromatic heterocycles. The molecule has 2 rings (SSSR count). The fourth-order valence-electron chi connectivity index (χ4n) is 2.29. The zero-order valence-electron chi connectivity index (χ0n) is 15.3. The van der Waals surface area contributed by atoms with E-state index in [0.717, 1.165) is 0 Å². The van der Waals surface area contributed by atoms with E-state index in [1.807, 2.05) is 19.1 Å². The van der Waals surface area contributed by atoms with E-state index in [1.165, 1.54) is 18.7 Å². The van der Waals surface area contributed by atoms with Gasteiger partial charge in [0.25, 0.3) is 0 Å². The van der Waals surface area contributed by atoms with Crippen LogP contribution in [0.15, 0.2) is 48.5 Å². The zero-order valence-corrected chi connectivity index (χ0v) is 16.1. The molecule has 0 spiro atoms. The van der Waals surface area contributed by atoms with Crippen LogP contribution in [0.5, 0.6) is 5.75 Å². The molecule has 2 aromatic carbocycles. The molecule has 0 unspecified atom stereocenters. The van der Waals surface area contributed by atoms with Gasteiger partial charge in [-0.25, -0.2) is 0 Å². The zero-order chi connectivity index (χ0) is 19.6. The summed E-state index contributed by atoms with van der Waals surface area (Å²) >= 11 is 1.21. The summed E-state index contributed by atoms with van der Waals surface area (Å²) in [5.74, 6) is 0.374. The molecule has 7 heteroatoms. The van der Waals surface area contributed by atoms with Crippen molar-refractivity contribution in [2.24, 2.45) is 0 Å². The Morgan fingerprint density at radius 2 is 1.67 bits per heavy atom. The normalized spacial score (nSPS) is 10.1. The number of benzene rings is 2. The van der Waals surface area contributed by atoms with Crippen LogP contribution >= 0.6 is 11.8 Å². The third kappa shape index (κ3) is 6.79. The van der Waals surface area contributed by atoms with Crippen molar-refractivity contribution in [2.75, 3.05) is 28.7 Å². The molecule has 0 aliphatic heterocycles. The van der Waals surface area contributed by atoms with Crippen LogP contribution < -0.4 is 15.4 Å². The van der Waals surface area contributed by atoms with Crippen molar-refractivity contribution in [3.8, 4) is 5.75 Å². The topological polar surface area (TPSA) is 84.5 Å². The number of Topliss-reactive ketones (excluding diaryl/α,β-unsaturated/α-hetero) is 1. The predicted octanol–water partition coefficient (Wildman–Crippen LogP) is 3.60. The number of hydrogen-bond acceptors (Lipinski definition) is 5. The SMILES string of the molecule is CCOc1ccccc1NC(=O)CSCC(=O)Nc1cccc(C(C)=O)c1. The van der Waals surface area contributed by atoms with Gasteiger partial charge in [-0.05, 0) is 38.1 Å². The standard InChI is InChI=1S/C20H22N2O4S/c1-3-26-18-10-5-4-9-17(18)22-20(25)13-27-12-19(24)21-16-8-6-7-15(11-16)14(2)23/h4-11H,3,12-13H2,1-2H3,(H,21,24)(H,22,25). The van der Waals surface area contributed by atoms with Crippen LogP contribution in [0.1, 0.15) is 24.2 Å². The number of rotatable bonds is 9. The van der Waals surface area contributed by atoms with Crippen LogP contribution in [0, 0.1) is 0 Å². The van der Waals surface area contributed by atoms with Gasteiger partial charge in [0, 0.05) is 11.3 Å². The van der Waals surface area contributed by atoms with E-state index in [0.29, 0.717) is 29.3 Å². The molecule has 0 fully saturated rings. The highest BCUT2D eigenvalue weighted by atomic mass is 32.2. The van der Waals surface area contributed by atoms with E-state index >= 15 is 0 Å². The first-order valence-corrected chi connectivity index (χ1v) is 9.65. The summed E-state index contributed by atoms with van der Waals surface area (Å²) in [5.41, 5.74) is 1.70. The summed E-state index contributed by atoms with van der Waals surface area (Å²) in [6.07, 6.45) is 0. The van der Waals surface area contributed by atoms with Crippen LogP contribution in [0.2, 0.25) is 0 Å². The van der Waals surface area contributed by atoms with Gasteiger partial charge in [0.1, 0.15) is 5.75 Å². The first-order chi connectivity index (χ1) is 13.0. The maximum Gasteiger partial charge on any atom is 0.234 e. The molecule has 2 amide bonds. The quantitative estimate of drug-likeness (QED) is 0.643. The summed E-state index contributed by atoms with van der Waals surface area (Å²) < 4.78 is 5.46. The molecule has 2 N–H and O–H groups in total. The number of carbonyl (C=O) groups is 3. The minimum Gasteiger partial charge on any atom is -0.492 e. The number of amides is 2. The third-order valence-corrected chi connectivity index (χ3v) is 4.41. The lowest BCUT2D eigenvalue weighted by Gasteiger charge is -2.11. The van der Waals surface area contributed by atoms with Crippen LogP contribution in [0.4, 0.5) is 11.4 Å². The van der Waals surface area contributed by atoms with Gasteiger partial charge in [-0.1, -0.05) is 24.3 Å². The molecule has 0 heterocycles. The van der Waals surface area contributed by atoms with Gasteiger partial charge in [-0.2, -0.15) is 0 Å². The van der Waals surface area contributed by atoms with Crippen LogP contribution in [-0.2, 0) is 9.59 Å². The summed E-state index contributed by atoms with van der Waals surface area (Å²) in [6, 6.07) is 13.9. The second-order valence-electron chi connectivity index (χ2n) is 5.66. The average Bonchev–Trinajstić information content (AvgIpc) is 2.63. The van der Waals surface area contributed by atoms with E-state index in [2.05, 4.69) is 10.6 Å². The van der Waals surface area contributed by atoms with Crippen molar-refractivity contribution in [1.82, 2.24) is 0 Å². The van der Waals surface area contributed by atoms with E-state index in [-0.39, 0.29) is 29.1 Å². The molecule has 27 heavy (non-hydrogen) atoms. The van der Waals surface area contributed by atoms with Crippen molar-refractivity contribution >= 4 is 40.7 Å². The van der Waals surface area contributed by atoms with Crippen molar-refractivity contribution in [3.05, 3.63) is 54.1 Å². The molecule has 0 saturated heterocycles.